The zero-order chi connectivity index (χ0) is 17.3. The lowest BCUT2D eigenvalue weighted by molar-refractivity contribution is -0.352. The zero-order valence-electron chi connectivity index (χ0n) is 12.8. The zero-order valence-corrected chi connectivity index (χ0v) is 12.8. The van der Waals surface area contributed by atoms with E-state index in [2.05, 4.69) is 0 Å². The van der Waals surface area contributed by atoms with Crippen LogP contribution in [0, 0.1) is 0 Å². The second-order valence-electron chi connectivity index (χ2n) is 5.72. The molecule has 2 rings (SSSR count). The minimum atomic E-state index is -1.59. The maximum atomic E-state index is 10.2. The average Bonchev–Trinajstić information content (AvgIpc) is 2.52. The topological polar surface area (TPSA) is 158 Å². The van der Waals surface area contributed by atoms with Gasteiger partial charge in [0.25, 0.3) is 0 Å². The molecule has 136 valence electrons. The van der Waals surface area contributed by atoms with Gasteiger partial charge in [-0.1, -0.05) is 0 Å². The molecule has 0 amide bonds. The first kappa shape index (κ1) is 18.9. The molecule has 0 spiro atoms. The molecule has 0 radical (unpaired) electrons. The molecule has 23 heavy (non-hydrogen) atoms. The van der Waals surface area contributed by atoms with Crippen molar-refractivity contribution in [1.29, 1.82) is 0 Å². The number of rotatable bonds is 4. The van der Waals surface area contributed by atoms with E-state index in [1.807, 2.05) is 0 Å². The molecule has 0 aromatic carbocycles. The summed E-state index contributed by atoms with van der Waals surface area (Å²) < 4.78 is 20.8. The van der Waals surface area contributed by atoms with Gasteiger partial charge in [-0.05, 0) is 6.92 Å². The fourth-order valence-corrected chi connectivity index (χ4v) is 2.81. The highest BCUT2D eigenvalue weighted by Crippen LogP contribution is 2.29. The Morgan fingerprint density at radius 2 is 1.52 bits per heavy atom. The van der Waals surface area contributed by atoms with Gasteiger partial charge in [0.2, 0.25) is 0 Å². The van der Waals surface area contributed by atoms with E-state index in [9.17, 15) is 30.6 Å². The van der Waals surface area contributed by atoms with Crippen LogP contribution in [-0.2, 0) is 18.9 Å². The van der Waals surface area contributed by atoms with Gasteiger partial charge in [-0.25, -0.2) is 0 Å². The Morgan fingerprint density at radius 1 is 0.870 bits per heavy atom. The van der Waals surface area contributed by atoms with Gasteiger partial charge < -0.3 is 49.6 Å². The van der Waals surface area contributed by atoms with Crippen LogP contribution in [0.2, 0.25) is 0 Å². The van der Waals surface area contributed by atoms with Gasteiger partial charge in [0.1, 0.15) is 42.7 Å². The van der Waals surface area contributed by atoms with E-state index in [-0.39, 0.29) is 0 Å². The lowest BCUT2D eigenvalue weighted by atomic mass is 9.97. The summed E-state index contributed by atoms with van der Waals surface area (Å²) in [7, 11) is 1.27. The van der Waals surface area contributed by atoms with Crippen LogP contribution >= 0.6 is 0 Å². The van der Waals surface area contributed by atoms with E-state index in [4.69, 9.17) is 18.9 Å². The number of aliphatic hydroxyl groups excluding tert-OH is 6. The van der Waals surface area contributed by atoms with Gasteiger partial charge in [0.15, 0.2) is 12.6 Å². The summed E-state index contributed by atoms with van der Waals surface area (Å²) in [6, 6.07) is 0. The molecule has 6 N–H and O–H groups in total. The Kier molecular flexibility index (Phi) is 6.30. The maximum Gasteiger partial charge on any atom is 0.187 e. The summed E-state index contributed by atoms with van der Waals surface area (Å²) in [5.74, 6) is 0. The number of ether oxygens (including phenoxy) is 4. The summed E-state index contributed by atoms with van der Waals surface area (Å²) in [4.78, 5) is 0. The van der Waals surface area contributed by atoms with E-state index in [0.717, 1.165) is 0 Å². The van der Waals surface area contributed by atoms with Crippen LogP contribution in [0.15, 0.2) is 0 Å². The highest BCUT2D eigenvalue weighted by molar-refractivity contribution is 4.93. The Morgan fingerprint density at radius 3 is 2.09 bits per heavy atom. The van der Waals surface area contributed by atoms with E-state index < -0.39 is 68.0 Å². The maximum absolute atomic E-state index is 10.2. The summed E-state index contributed by atoms with van der Waals surface area (Å²) in [6.07, 6.45) is -12.7. The Balaban J connectivity index is 2.11. The lowest BCUT2D eigenvalue weighted by Gasteiger charge is -2.45. The predicted molar refractivity (Wildman–Crippen MR) is 72.0 cm³/mol. The van der Waals surface area contributed by atoms with Crippen LogP contribution in [0.25, 0.3) is 0 Å². The SMILES string of the molecule is COC1C(O)C(CO)OC(OC2C(C)OC(O)C(O)C2O)C1O. The van der Waals surface area contributed by atoms with E-state index in [1.165, 1.54) is 14.0 Å². The fraction of sp³-hybridized carbons (Fsp3) is 1.00. The normalized spacial score (nSPS) is 51.7. The molecule has 2 fully saturated rings. The second-order valence-corrected chi connectivity index (χ2v) is 5.72. The van der Waals surface area contributed by atoms with Crippen molar-refractivity contribution in [2.75, 3.05) is 13.7 Å². The molecule has 0 aromatic heterocycles. The predicted octanol–water partition coefficient (Wildman–Crippen LogP) is -3.72. The lowest BCUT2D eigenvalue weighted by Crippen LogP contribution is -2.63. The summed E-state index contributed by atoms with van der Waals surface area (Å²) in [5.41, 5.74) is 0. The van der Waals surface area contributed by atoms with Crippen molar-refractivity contribution in [3.05, 3.63) is 0 Å². The van der Waals surface area contributed by atoms with Crippen LogP contribution < -0.4 is 0 Å². The standard InChI is InChI=1S/C13H24O10/c1-4-10(7(16)8(17)12(19)21-4)23-13-9(18)11(20-2)6(15)5(3-14)22-13/h4-19H,3H2,1-2H3. The minimum absolute atomic E-state index is 0.534. The quantitative estimate of drug-likeness (QED) is 0.300. The second kappa shape index (κ2) is 7.66. The molecule has 0 saturated carbocycles. The summed E-state index contributed by atoms with van der Waals surface area (Å²) in [5, 5.41) is 58.5. The molecule has 0 bridgehead atoms. The van der Waals surface area contributed by atoms with Crippen molar-refractivity contribution in [3.8, 4) is 0 Å². The number of aliphatic hydroxyl groups is 6. The summed E-state index contributed by atoms with van der Waals surface area (Å²) in [6.45, 7) is 0.971. The van der Waals surface area contributed by atoms with Crippen LogP contribution in [0.1, 0.15) is 6.92 Å². The monoisotopic (exact) mass is 340 g/mol. The first-order valence-corrected chi connectivity index (χ1v) is 7.32. The number of hydrogen-bond donors (Lipinski definition) is 6. The van der Waals surface area contributed by atoms with E-state index in [1.54, 1.807) is 0 Å². The van der Waals surface area contributed by atoms with Gasteiger partial charge in [-0.2, -0.15) is 0 Å². The number of hydrogen-bond acceptors (Lipinski definition) is 10. The Hall–Kier alpha value is -0.400. The number of methoxy groups -OCH3 is 1. The van der Waals surface area contributed by atoms with Crippen LogP contribution in [-0.4, -0.2) is 106 Å². The molecule has 10 nitrogen and oxygen atoms in total. The molecular weight excluding hydrogens is 316 g/mol. The molecular formula is C13H24O10. The molecule has 2 aliphatic rings. The molecule has 10 heteroatoms. The molecule has 10 atom stereocenters. The smallest absolute Gasteiger partial charge is 0.187 e. The Bertz CT molecular complexity index is 382. The third-order valence-corrected chi connectivity index (χ3v) is 4.18. The highest BCUT2D eigenvalue weighted by Gasteiger charge is 2.49. The molecule has 10 unspecified atom stereocenters. The third kappa shape index (κ3) is 3.66. The molecule has 0 aromatic rings. The third-order valence-electron chi connectivity index (χ3n) is 4.18. The van der Waals surface area contributed by atoms with Crippen molar-refractivity contribution < 1.29 is 49.6 Å². The van der Waals surface area contributed by atoms with Crippen molar-refractivity contribution in [3.63, 3.8) is 0 Å². The first-order valence-electron chi connectivity index (χ1n) is 7.32. The average molecular weight is 340 g/mol. The molecule has 2 heterocycles. The van der Waals surface area contributed by atoms with Gasteiger partial charge in [-0.3, -0.25) is 0 Å². The largest absolute Gasteiger partial charge is 0.394 e. The van der Waals surface area contributed by atoms with Gasteiger partial charge >= 0.3 is 0 Å². The summed E-state index contributed by atoms with van der Waals surface area (Å²) >= 11 is 0. The fourth-order valence-electron chi connectivity index (χ4n) is 2.81. The van der Waals surface area contributed by atoms with Crippen molar-refractivity contribution in [2.24, 2.45) is 0 Å². The van der Waals surface area contributed by atoms with Gasteiger partial charge in [0.05, 0.1) is 12.7 Å². The van der Waals surface area contributed by atoms with E-state index in [0.29, 0.717) is 0 Å². The first-order chi connectivity index (χ1) is 10.8. The van der Waals surface area contributed by atoms with Crippen LogP contribution in [0.4, 0.5) is 0 Å². The van der Waals surface area contributed by atoms with Gasteiger partial charge in [-0.15, -0.1) is 0 Å². The van der Waals surface area contributed by atoms with Crippen molar-refractivity contribution in [2.45, 2.75) is 68.3 Å². The highest BCUT2D eigenvalue weighted by atomic mass is 16.7. The van der Waals surface area contributed by atoms with E-state index >= 15 is 0 Å². The van der Waals surface area contributed by atoms with Crippen LogP contribution in [0.5, 0.6) is 0 Å². The Labute approximate surface area is 132 Å². The molecule has 2 aliphatic heterocycles. The minimum Gasteiger partial charge on any atom is -0.394 e. The molecule has 2 saturated heterocycles. The van der Waals surface area contributed by atoms with Gasteiger partial charge in [0, 0.05) is 7.11 Å². The van der Waals surface area contributed by atoms with Crippen molar-refractivity contribution >= 4 is 0 Å². The molecule has 0 aliphatic carbocycles. The van der Waals surface area contributed by atoms with Crippen molar-refractivity contribution in [1.82, 2.24) is 0 Å². The van der Waals surface area contributed by atoms with Crippen LogP contribution in [0.3, 0.4) is 0 Å².